The van der Waals surface area contributed by atoms with Gasteiger partial charge in [-0.2, -0.15) is 0 Å². The number of aromatic nitrogens is 2. The maximum Gasteiger partial charge on any atom is 0.212 e. The largest absolute Gasteiger partial charge is 0.508 e. The van der Waals surface area contributed by atoms with Crippen molar-refractivity contribution in [1.82, 2.24) is 9.55 Å². The van der Waals surface area contributed by atoms with E-state index in [2.05, 4.69) is 15.3 Å². The summed E-state index contributed by atoms with van der Waals surface area (Å²) in [6.07, 6.45) is 0.456. The number of nitrogens with zero attached hydrogens (tertiary/aromatic N) is 3. The molecule has 0 spiro atoms. The molecule has 8 heteroatoms. The van der Waals surface area contributed by atoms with Crippen LogP contribution in [0.2, 0.25) is 0 Å². The number of anilines is 1. The van der Waals surface area contributed by atoms with Crippen LogP contribution in [0.1, 0.15) is 18.2 Å². The first-order chi connectivity index (χ1) is 12.7. The second kappa shape index (κ2) is 5.55. The number of guanidine groups is 1. The minimum absolute atomic E-state index is 0.200. The summed E-state index contributed by atoms with van der Waals surface area (Å²) in [6.45, 7) is 1.24. The molecule has 0 saturated heterocycles. The standard InChI is InChI=1S/C18H17N5O3/c19-17-21-16(10-2-4-11(24)5-3-10)23-13-9-15-14(25-6-1-7-26-15)8-12(13)20-18(23)22-17/h2-5,8-9,16,24H,1,6-7H2,(H3,19,20,21,22). The Labute approximate surface area is 148 Å². The summed E-state index contributed by atoms with van der Waals surface area (Å²) in [7, 11) is 0. The Balaban J connectivity index is 1.70. The topological polar surface area (TPSA) is 107 Å². The van der Waals surface area contributed by atoms with Crippen molar-refractivity contribution in [2.24, 2.45) is 10.7 Å². The molecule has 4 N–H and O–H groups in total. The molecule has 0 aliphatic carbocycles. The third-order valence-corrected chi connectivity index (χ3v) is 4.50. The van der Waals surface area contributed by atoms with Gasteiger partial charge in [0.1, 0.15) is 5.75 Å². The van der Waals surface area contributed by atoms with Gasteiger partial charge in [0.05, 0.1) is 24.2 Å². The zero-order valence-electron chi connectivity index (χ0n) is 13.8. The van der Waals surface area contributed by atoms with E-state index in [0.717, 1.165) is 23.0 Å². The molecule has 1 unspecified atom stereocenters. The van der Waals surface area contributed by atoms with Gasteiger partial charge in [0.25, 0.3) is 0 Å². The highest BCUT2D eigenvalue weighted by Gasteiger charge is 2.26. The van der Waals surface area contributed by atoms with Gasteiger partial charge in [-0.05, 0) is 17.7 Å². The Morgan fingerprint density at radius 2 is 1.85 bits per heavy atom. The minimum Gasteiger partial charge on any atom is -0.508 e. The van der Waals surface area contributed by atoms with Crippen LogP contribution in [0.3, 0.4) is 0 Å². The number of phenols is 1. The van der Waals surface area contributed by atoms with E-state index < -0.39 is 0 Å². The number of imidazole rings is 1. The van der Waals surface area contributed by atoms with E-state index in [1.165, 1.54) is 0 Å². The molecule has 2 aromatic carbocycles. The first kappa shape index (κ1) is 14.9. The first-order valence-corrected chi connectivity index (χ1v) is 8.40. The number of fused-ring (bicyclic) bond motifs is 4. The number of rotatable bonds is 1. The number of hydrogen-bond donors (Lipinski definition) is 3. The predicted molar refractivity (Wildman–Crippen MR) is 96.8 cm³/mol. The van der Waals surface area contributed by atoms with Crippen LogP contribution in [0.25, 0.3) is 11.0 Å². The summed E-state index contributed by atoms with van der Waals surface area (Å²) in [4.78, 5) is 9.17. The lowest BCUT2D eigenvalue weighted by molar-refractivity contribution is 0.297. The number of benzene rings is 2. The maximum atomic E-state index is 9.57. The number of hydrogen-bond acceptors (Lipinski definition) is 7. The van der Waals surface area contributed by atoms with Crippen molar-refractivity contribution < 1.29 is 14.6 Å². The van der Waals surface area contributed by atoms with Gasteiger partial charge in [-0.15, -0.1) is 0 Å². The lowest BCUT2D eigenvalue weighted by Gasteiger charge is -2.24. The Kier molecular flexibility index (Phi) is 3.18. The highest BCUT2D eigenvalue weighted by Crippen LogP contribution is 2.39. The number of aromatic hydroxyl groups is 1. The van der Waals surface area contributed by atoms with E-state index in [0.29, 0.717) is 36.6 Å². The van der Waals surface area contributed by atoms with Gasteiger partial charge < -0.3 is 20.3 Å². The molecule has 0 amide bonds. The minimum atomic E-state index is -0.387. The van der Waals surface area contributed by atoms with Gasteiger partial charge in [-0.3, -0.25) is 9.88 Å². The van der Waals surface area contributed by atoms with Crippen molar-refractivity contribution in [3.8, 4) is 17.2 Å². The maximum absolute atomic E-state index is 9.57. The quantitative estimate of drug-likeness (QED) is 0.620. The van der Waals surface area contributed by atoms with Crippen LogP contribution in [0, 0.1) is 0 Å². The van der Waals surface area contributed by atoms with Crippen LogP contribution >= 0.6 is 0 Å². The summed E-state index contributed by atoms with van der Waals surface area (Å²) >= 11 is 0. The third kappa shape index (κ3) is 2.30. The van der Waals surface area contributed by atoms with Crippen molar-refractivity contribution in [1.29, 1.82) is 0 Å². The summed E-state index contributed by atoms with van der Waals surface area (Å²) in [5, 5.41) is 12.6. The molecule has 8 nitrogen and oxygen atoms in total. The van der Waals surface area contributed by atoms with Crippen molar-refractivity contribution >= 4 is 22.9 Å². The van der Waals surface area contributed by atoms with Gasteiger partial charge in [-0.25, -0.2) is 9.98 Å². The molecule has 1 aromatic heterocycles. The Morgan fingerprint density at radius 3 is 2.62 bits per heavy atom. The van der Waals surface area contributed by atoms with Gasteiger partial charge >= 0.3 is 0 Å². The van der Waals surface area contributed by atoms with E-state index in [4.69, 9.17) is 15.2 Å². The lowest BCUT2D eigenvalue weighted by Crippen LogP contribution is -2.31. The Hall–Kier alpha value is -3.42. The number of aliphatic imine (C=N–C) groups is 1. The first-order valence-electron chi connectivity index (χ1n) is 8.40. The average Bonchev–Trinajstić information content (AvgIpc) is 2.81. The zero-order chi connectivity index (χ0) is 17.7. The number of nitrogens with one attached hydrogen (secondary N) is 1. The molecule has 0 radical (unpaired) electrons. The molecular formula is C18H17N5O3. The predicted octanol–water partition coefficient (Wildman–Crippen LogP) is 2.19. The Morgan fingerprint density at radius 1 is 1.12 bits per heavy atom. The molecule has 26 heavy (non-hydrogen) atoms. The second-order valence-electron chi connectivity index (χ2n) is 6.25. The molecule has 2 aliphatic heterocycles. The fourth-order valence-corrected chi connectivity index (χ4v) is 3.29. The summed E-state index contributed by atoms with van der Waals surface area (Å²) < 4.78 is 13.5. The van der Waals surface area contributed by atoms with Gasteiger partial charge in [0.2, 0.25) is 5.95 Å². The summed E-state index contributed by atoms with van der Waals surface area (Å²) in [6, 6.07) is 10.7. The number of nitrogens with two attached hydrogens (primary N) is 1. The summed E-state index contributed by atoms with van der Waals surface area (Å²) in [5.41, 5.74) is 8.48. The van der Waals surface area contributed by atoms with Gasteiger partial charge in [0.15, 0.2) is 23.6 Å². The SMILES string of the molecule is NC1=NC(c2ccc(O)cc2)n2c(nc3cc4c(cc32)OCCCO4)N1. The molecule has 0 saturated carbocycles. The molecule has 132 valence electrons. The highest BCUT2D eigenvalue weighted by atomic mass is 16.5. The van der Waals surface area contributed by atoms with Crippen molar-refractivity contribution in [2.45, 2.75) is 12.6 Å². The summed E-state index contributed by atoms with van der Waals surface area (Å²) in [5.74, 6) is 2.49. The van der Waals surface area contributed by atoms with Gasteiger partial charge in [-0.1, -0.05) is 12.1 Å². The third-order valence-electron chi connectivity index (χ3n) is 4.50. The van der Waals surface area contributed by atoms with Crippen LogP contribution in [0.5, 0.6) is 17.2 Å². The van der Waals surface area contributed by atoms with Crippen molar-refractivity contribution in [2.75, 3.05) is 18.5 Å². The molecular weight excluding hydrogens is 334 g/mol. The van der Waals surface area contributed by atoms with E-state index in [-0.39, 0.29) is 11.9 Å². The molecule has 5 rings (SSSR count). The van der Waals surface area contributed by atoms with Crippen LogP contribution in [-0.2, 0) is 0 Å². The van der Waals surface area contributed by atoms with E-state index in [1.54, 1.807) is 12.1 Å². The fraction of sp³-hybridized carbons (Fsp3) is 0.222. The lowest BCUT2D eigenvalue weighted by atomic mass is 10.1. The van der Waals surface area contributed by atoms with Crippen molar-refractivity contribution in [3.05, 3.63) is 42.0 Å². The average molecular weight is 351 g/mol. The molecule has 0 fully saturated rings. The number of phenolic OH excluding ortho intramolecular Hbond substituents is 1. The Bertz CT molecular complexity index is 1030. The van der Waals surface area contributed by atoms with E-state index in [1.807, 2.05) is 28.8 Å². The highest BCUT2D eigenvalue weighted by molar-refractivity contribution is 5.95. The van der Waals surface area contributed by atoms with Crippen LogP contribution < -0.4 is 20.5 Å². The fourth-order valence-electron chi connectivity index (χ4n) is 3.29. The van der Waals surface area contributed by atoms with Crippen molar-refractivity contribution in [3.63, 3.8) is 0 Å². The van der Waals surface area contributed by atoms with Gasteiger partial charge in [0, 0.05) is 18.6 Å². The molecule has 1 atom stereocenters. The monoisotopic (exact) mass is 351 g/mol. The zero-order valence-corrected chi connectivity index (χ0v) is 13.8. The smallest absolute Gasteiger partial charge is 0.212 e. The van der Waals surface area contributed by atoms with Crippen LogP contribution in [-0.4, -0.2) is 33.8 Å². The van der Waals surface area contributed by atoms with Crippen LogP contribution in [0.15, 0.2) is 41.4 Å². The van der Waals surface area contributed by atoms with Crippen LogP contribution in [0.4, 0.5) is 5.95 Å². The normalized spacial score (nSPS) is 18.6. The molecule has 3 aromatic rings. The molecule has 0 bridgehead atoms. The molecule has 2 aliphatic rings. The van der Waals surface area contributed by atoms with E-state index in [9.17, 15) is 5.11 Å². The number of ether oxygens (including phenoxy) is 2. The molecule has 3 heterocycles. The van der Waals surface area contributed by atoms with E-state index >= 15 is 0 Å². The second-order valence-corrected chi connectivity index (χ2v) is 6.25.